The largest absolute Gasteiger partial charge is 0.362 e. The minimum Gasteiger partial charge on any atom is -0.362 e. The molecule has 2 rings (SSSR count). The van der Waals surface area contributed by atoms with Crippen molar-refractivity contribution in [2.24, 2.45) is 0 Å². The Morgan fingerprint density at radius 3 is 2.46 bits per heavy atom. The summed E-state index contributed by atoms with van der Waals surface area (Å²) in [5.74, 6) is -1.55. The van der Waals surface area contributed by atoms with Gasteiger partial charge in [-0.2, -0.15) is 0 Å². The summed E-state index contributed by atoms with van der Waals surface area (Å²) in [5, 5.41) is 0. The van der Waals surface area contributed by atoms with Gasteiger partial charge in [0.15, 0.2) is 11.6 Å². The summed E-state index contributed by atoms with van der Waals surface area (Å²) in [6.45, 7) is 1.31. The maximum atomic E-state index is 13.2. The van der Waals surface area contributed by atoms with E-state index in [0.29, 0.717) is 18.8 Å². The summed E-state index contributed by atoms with van der Waals surface area (Å²) in [4.78, 5) is 1.78. The molecule has 0 amide bonds. The predicted molar refractivity (Wildman–Crippen MR) is 47.7 cm³/mol. The second kappa shape index (κ2) is 3.17. The van der Waals surface area contributed by atoms with Crippen molar-refractivity contribution in [3.8, 4) is 0 Å². The Kier molecular flexibility index (Phi) is 2.00. The van der Waals surface area contributed by atoms with Crippen LogP contribution in [-0.4, -0.2) is 13.1 Å². The lowest BCUT2D eigenvalue weighted by Gasteiger charge is -2.18. The molecule has 0 aliphatic carbocycles. The summed E-state index contributed by atoms with van der Waals surface area (Å²) in [5.41, 5.74) is 0.338. The van der Waals surface area contributed by atoms with Gasteiger partial charge in [-0.05, 0) is 12.1 Å². The van der Waals surface area contributed by atoms with Gasteiger partial charge >= 0.3 is 0 Å². The molecule has 1 heterocycles. The van der Waals surface area contributed by atoms with Crippen molar-refractivity contribution in [1.29, 1.82) is 0 Å². The van der Waals surface area contributed by atoms with Crippen molar-refractivity contribution in [2.45, 2.75) is 0 Å². The molecule has 1 aromatic rings. The average Bonchev–Trinajstić information content (AvgIpc) is 2.62. The highest BCUT2D eigenvalue weighted by molar-refractivity contribution is 5.50. The molecule has 0 spiro atoms. The molecule has 0 unspecified atom stereocenters. The van der Waals surface area contributed by atoms with Gasteiger partial charge in [-0.25, -0.2) is 8.78 Å². The van der Waals surface area contributed by atoms with Crippen molar-refractivity contribution in [3.63, 3.8) is 0 Å². The molecule has 0 saturated heterocycles. The van der Waals surface area contributed by atoms with E-state index in [0.717, 1.165) is 6.07 Å². The van der Waals surface area contributed by atoms with E-state index in [1.807, 2.05) is 12.2 Å². The molecule has 0 atom stereocenters. The summed E-state index contributed by atoms with van der Waals surface area (Å²) >= 11 is 0. The van der Waals surface area contributed by atoms with E-state index in [1.54, 1.807) is 11.0 Å². The van der Waals surface area contributed by atoms with E-state index >= 15 is 0 Å². The van der Waals surface area contributed by atoms with Gasteiger partial charge in [-0.1, -0.05) is 18.2 Å². The van der Waals surface area contributed by atoms with Gasteiger partial charge in [0.1, 0.15) is 0 Å². The molecule has 0 bridgehead atoms. The topological polar surface area (TPSA) is 3.24 Å². The Morgan fingerprint density at radius 2 is 1.77 bits per heavy atom. The normalized spacial score (nSPS) is 15.4. The molecule has 0 fully saturated rings. The van der Waals surface area contributed by atoms with Crippen LogP contribution in [0.25, 0.3) is 0 Å². The van der Waals surface area contributed by atoms with Crippen LogP contribution in [0.3, 0.4) is 0 Å². The van der Waals surface area contributed by atoms with Crippen LogP contribution in [0.5, 0.6) is 0 Å². The van der Waals surface area contributed by atoms with Crippen molar-refractivity contribution >= 4 is 5.69 Å². The minimum atomic E-state index is -0.788. The first kappa shape index (κ1) is 8.23. The van der Waals surface area contributed by atoms with Crippen LogP contribution in [0.4, 0.5) is 14.5 Å². The lowest BCUT2D eigenvalue weighted by molar-refractivity contribution is 0.508. The highest BCUT2D eigenvalue weighted by Crippen LogP contribution is 2.22. The molecule has 68 valence electrons. The van der Waals surface area contributed by atoms with E-state index in [9.17, 15) is 8.78 Å². The number of hydrogen-bond donors (Lipinski definition) is 0. The molecule has 1 nitrogen and oxygen atoms in total. The Morgan fingerprint density at radius 1 is 1.08 bits per heavy atom. The first-order chi connectivity index (χ1) is 6.29. The zero-order valence-electron chi connectivity index (χ0n) is 7.00. The minimum absolute atomic E-state index is 0.338. The SMILES string of the molecule is Fc1cccc(N2CC=CC2)c1F. The summed E-state index contributed by atoms with van der Waals surface area (Å²) in [6, 6.07) is 4.24. The van der Waals surface area contributed by atoms with Gasteiger partial charge in [0, 0.05) is 13.1 Å². The maximum Gasteiger partial charge on any atom is 0.182 e. The smallest absolute Gasteiger partial charge is 0.182 e. The highest BCUT2D eigenvalue weighted by Gasteiger charge is 2.14. The third-order valence-electron chi connectivity index (χ3n) is 2.09. The fourth-order valence-electron chi connectivity index (χ4n) is 1.41. The van der Waals surface area contributed by atoms with Crippen molar-refractivity contribution in [1.82, 2.24) is 0 Å². The second-order valence-electron chi connectivity index (χ2n) is 2.95. The number of rotatable bonds is 1. The molecule has 0 saturated carbocycles. The molecule has 3 heteroatoms. The Labute approximate surface area is 75.3 Å². The number of hydrogen-bond acceptors (Lipinski definition) is 1. The van der Waals surface area contributed by atoms with Crippen LogP contribution in [0, 0.1) is 11.6 Å². The van der Waals surface area contributed by atoms with Crippen LogP contribution in [0.2, 0.25) is 0 Å². The average molecular weight is 181 g/mol. The molecule has 0 radical (unpaired) electrons. The van der Waals surface area contributed by atoms with E-state index in [-0.39, 0.29) is 0 Å². The molecule has 1 aliphatic heterocycles. The summed E-state index contributed by atoms with van der Waals surface area (Å²) < 4.78 is 26.0. The molecule has 0 N–H and O–H groups in total. The monoisotopic (exact) mass is 181 g/mol. The third kappa shape index (κ3) is 1.41. The predicted octanol–water partition coefficient (Wildman–Crippen LogP) is 2.34. The van der Waals surface area contributed by atoms with E-state index in [4.69, 9.17) is 0 Å². The van der Waals surface area contributed by atoms with E-state index in [2.05, 4.69) is 0 Å². The van der Waals surface area contributed by atoms with Crippen LogP contribution < -0.4 is 4.90 Å². The zero-order valence-corrected chi connectivity index (χ0v) is 7.00. The van der Waals surface area contributed by atoms with Crippen LogP contribution >= 0.6 is 0 Å². The van der Waals surface area contributed by atoms with Gasteiger partial charge in [0.25, 0.3) is 0 Å². The van der Waals surface area contributed by atoms with Crippen molar-refractivity contribution < 1.29 is 8.78 Å². The number of anilines is 1. The van der Waals surface area contributed by atoms with E-state index in [1.165, 1.54) is 6.07 Å². The fourth-order valence-corrected chi connectivity index (χ4v) is 1.41. The highest BCUT2D eigenvalue weighted by atomic mass is 19.2. The first-order valence-electron chi connectivity index (χ1n) is 4.13. The lowest BCUT2D eigenvalue weighted by atomic mass is 10.2. The lowest BCUT2D eigenvalue weighted by Crippen LogP contribution is -2.20. The van der Waals surface area contributed by atoms with Crippen molar-refractivity contribution in [2.75, 3.05) is 18.0 Å². The molecule has 13 heavy (non-hydrogen) atoms. The van der Waals surface area contributed by atoms with Gasteiger partial charge in [-0.15, -0.1) is 0 Å². The summed E-state index contributed by atoms with van der Waals surface area (Å²) in [7, 11) is 0. The molecule has 0 aromatic heterocycles. The number of benzene rings is 1. The number of nitrogens with zero attached hydrogens (tertiary/aromatic N) is 1. The van der Waals surface area contributed by atoms with Gasteiger partial charge < -0.3 is 4.90 Å². The Balaban J connectivity index is 2.34. The molecular formula is C10H9F2N. The third-order valence-corrected chi connectivity index (χ3v) is 2.09. The van der Waals surface area contributed by atoms with Crippen LogP contribution in [-0.2, 0) is 0 Å². The quantitative estimate of drug-likeness (QED) is 0.601. The molecule has 1 aliphatic rings. The van der Waals surface area contributed by atoms with Crippen molar-refractivity contribution in [3.05, 3.63) is 42.0 Å². The Bertz CT molecular complexity index is 339. The standard InChI is InChI=1S/C10H9F2N/c11-8-4-3-5-9(10(8)12)13-6-1-2-7-13/h1-5H,6-7H2. The molecule has 1 aromatic carbocycles. The number of halogens is 2. The zero-order chi connectivity index (χ0) is 9.26. The van der Waals surface area contributed by atoms with Gasteiger partial charge in [-0.3, -0.25) is 0 Å². The van der Waals surface area contributed by atoms with Gasteiger partial charge in [0.05, 0.1) is 5.69 Å². The summed E-state index contributed by atoms with van der Waals surface area (Å²) in [6.07, 6.45) is 3.87. The molecular weight excluding hydrogens is 172 g/mol. The van der Waals surface area contributed by atoms with Crippen LogP contribution in [0.1, 0.15) is 0 Å². The van der Waals surface area contributed by atoms with Gasteiger partial charge in [0.2, 0.25) is 0 Å². The fraction of sp³-hybridized carbons (Fsp3) is 0.200. The first-order valence-corrected chi connectivity index (χ1v) is 4.13. The van der Waals surface area contributed by atoms with E-state index < -0.39 is 11.6 Å². The Hall–Kier alpha value is -1.38. The van der Waals surface area contributed by atoms with Crippen LogP contribution in [0.15, 0.2) is 30.4 Å². The maximum absolute atomic E-state index is 13.2. The second-order valence-corrected chi connectivity index (χ2v) is 2.95.